The minimum atomic E-state index is -0.800. The molecule has 7 nitrogen and oxygen atoms in total. The van der Waals surface area contributed by atoms with Crippen molar-refractivity contribution in [3.05, 3.63) is 101 Å². The zero-order valence-electron chi connectivity index (χ0n) is 20.1. The van der Waals surface area contributed by atoms with Gasteiger partial charge in [-0.25, -0.2) is 9.69 Å². The summed E-state index contributed by atoms with van der Waals surface area (Å²) in [5.41, 5.74) is 3.02. The molecule has 0 unspecified atom stereocenters. The van der Waals surface area contributed by atoms with Crippen LogP contribution in [-0.2, 0) is 16.1 Å². The van der Waals surface area contributed by atoms with Crippen molar-refractivity contribution in [3.8, 4) is 5.75 Å². The maximum absolute atomic E-state index is 13.3. The van der Waals surface area contributed by atoms with Crippen LogP contribution in [0.4, 0.5) is 10.5 Å². The van der Waals surface area contributed by atoms with E-state index in [0.29, 0.717) is 29.4 Å². The number of aromatic nitrogens is 1. The van der Waals surface area contributed by atoms with Crippen LogP contribution in [0.15, 0.2) is 84.6 Å². The first kappa shape index (κ1) is 24.3. The Bertz CT molecular complexity index is 1540. The Hall–Kier alpha value is -4.36. The molecule has 1 N–H and O–H groups in total. The third-order valence-corrected chi connectivity index (χ3v) is 6.36. The summed E-state index contributed by atoms with van der Waals surface area (Å²) in [5.74, 6) is -0.590. The molecule has 2 heterocycles. The summed E-state index contributed by atoms with van der Waals surface area (Å²) in [6.07, 6.45) is 4.21. The van der Waals surface area contributed by atoms with Crippen LogP contribution in [0.5, 0.6) is 5.75 Å². The van der Waals surface area contributed by atoms with Crippen molar-refractivity contribution >= 4 is 52.1 Å². The molecule has 0 bridgehead atoms. The minimum absolute atomic E-state index is 0.125. The summed E-state index contributed by atoms with van der Waals surface area (Å²) in [7, 11) is 0. The Morgan fingerprint density at radius 3 is 2.54 bits per heavy atom. The van der Waals surface area contributed by atoms with Gasteiger partial charge in [0.1, 0.15) is 11.3 Å². The lowest BCUT2D eigenvalue weighted by atomic mass is 10.1. The summed E-state index contributed by atoms with van der Waals surface area (Å²) in [5, 5.41) is 3.63. The van der Waals surface area contributed by atoms with Crippen molar-refractivity contribution in [1.29, 1.82) is 0 Å². The van der Waals surface area contributed by atoms with Crippen molar-refractivity contribution in [2.45, 2.75) is 19.9 Å². The maximum Gasteiger partial charge on any atom is 0.335 e. The first-order chi connectivity index (χ1) is 17.9. The molecule has 8 heteroatoms. The maximum atomic E-state index is 13.3. The molecule has 186 valence electrons. The highest BCUT2D eigenvalue weighted by molar-refractivity contribution is 6.39. The molecular weight excluding hydrogens is 490 g/mol. The number of barbiturate groups is 1. The van der Waals surface area contributed by atoms with Crippen LogP contribution in [0.3, 0.4) is 0 Å². The van der Waals surface area contributed by atoms with Gasteiger partial charge in [0, 0.05) is 34.2 Å². The van der Waals surface area contributed by atoms with Gasteiger partial charge in [0.05, 0.1) is 12.3 Å². The summed E-state index contributed by atoms with van der Waals surface area (Å²) in [4.78, 5) is 39.4. The molecule has 0 spiro atoms. The zero-order valence-corrected chi connectivity index (χ0v) is 20.9. The normalized spacial score (nSPS) is 14.9. The number of hydrogen-bond donors (Lipinski definition) is 1. The summed E-state index contributed by atoms with van der Waals surface area (Å²) in [6, 6.07) is 21.2. The number of nitrogens with zero attached hydrogens (tertiary/aromatic N) is 2. The van der Waals surface area contributed by atoms with E-state index in [1.165, 1.54) is 6.08 Å². The van der Waals surface area contributed by atoms with Crippen LogP contribution >= 0.6 is 11.6 Å². The number of nitrogens with one attached hydrogen (secondary N) is 1. The molecule has 0 atom stereocenters. The fourth-order valence-electron chi connectivity index (χ4n) is 4.34. The number of carbonyl (C=O) groups is 3. The van der Waals surface area contributed by atoms with Gasteiger partial charge in [-0.15, -0.1) is 0 Å². The van der Waals surface area contributed by atoms with Crippen molar-refractivity contribution in [3.63, 3.8) is 0 Å². The molecule has 0 radical (unpaired) electrons. The molecule has 4 aromatic rings. The second-order valence-electron chi connectivity index (χ2n) is 8.75. The van der Waals surface area contributed by atoms with Crippen LogP contribution in [0, 0.1) is 6.92 Å². The highest BCUT2D eigenvalue weighted by Crippen LogP contribution is 2.27. The number of para-hydroxylation sites is 1. The predicted molar refractivity (Wildman–Crippen MR) is 144 cm³/mol. The molecule has 1 aliphatic rings. The number of amides is 4. The lowest BCUT2D eigenvalue weighted by Crippen LogP contribution is -2.54. The molecule has 0 saturated carbocycles. The number of aryl methyl sites for hydroxylation is 2. The third-order valence-electron chi connectivity index (χ3n) is 6.11. The van der Waals surface area contributed by atoms with Crippen LogP contribution in [0.25, 0.3) is 17.0 Å². The van der Waals surface area contributed by atoms with Crippen molar-refractivity contribution < 1.29 is 19.1 Å². The topological polar surface area (TPSA) is 80.6 Å². The third kappa shape index (κ3) is 5.13. The Labute approximate surface area is 218 Å². The average Bonchev–Trinajstić information content (AvgIpc) is 3.23. The monoisotopic (exact) mass is 513 g/mol. The number of carbonyl (C=O) groups excluding carboxylic acids is 3. The summed E-state index contributed by atoms with van der Waals surface area (Å²) in [6.45, 7) is 3.26. The van der Waals surface area contributed by atoms with E-state index >= 15 is 0 Å². The van der Waals surface area contributed by atoms with Gasteiger partial charge in [0.15, 0.2) is 0 Å². The Kier molecular flexibility index (Phi) is 6.79. The van der Waals surface area contributed by atoms with Gasteiger partial charge < -0.3 is 9.30 Å². The second-order valence-corrected chi connectivity index (χ2v) is 9.18. The Balaban J connectivity index is 1.40. The predicted octanol–water partition coefficient (Wildman–Crippen LogP) is 5.74. The number of anilines is 1. The van der Waals surface area contributed by atoms with Gasteiger partial charge in [-0.3, -0.25) is 14.9 Å². The van der Waals surface area contributed by atoms with E-state index in [9.17, 15) is 14.4 Å². The number of ether oxygens (including phenoxy) is 1. The van der Waals surface area contributed by atoms with Crippen molar-refractivity contribution in [1.82, 2.24) is 9.88 Å². The number of halogens is 1. The molecule has 0 aliphatic carbocycles. The van der Waals surface area contributed by atoms with Crippen molar-refractivity contribution in [2.75, 3.05) is 11.5 Å². The molecule has 3 aromatic carbocycles. The highest BCUT2D eigenvalue weighted by atomic mass is 35.5. The number of fused-ring (bicyclic) bond motifs is 1. The van der Waals surface area contributed by atoms with E-state index in [4.69, 9.17) is 16.3 Å². The first-order valence-corrected chi connectivity index (χ1v) is 12.2. The van der Waals surface area contributed by atoms with Crippen LogP contribution in [0.1, 0.15) is 17.5 Å². The molecule has 37 heavy (non-hydrogen) atoms. The molecule has 1 aliphatic heterocycles. The fraction of sp³-hybridized carbons (Fsp3) is 0.138. The van der Waals surface area contributed by atoms with Gasteiger partial charge in [-0.2, -0.15) is 0 Å². The number of benzene rings is 3. The SMILES string of the molecule is Cc1cccc(OCCCn2cc(/C=C3\C(=O)NC(=O)N(c4ccc(Cl)cc4)C3=O)c3ccccc32)c1. The molecule has 1 saturated heterocycles. The van der Waals surface area contributed by atoms with E-state index in [0.717, 1.165) is 33.5 Å². The number of imide groups is 2. The van der Waals surface area contributed by atoms with E-state index in [2.05, 4.69) is 9.88 Å². The lowest BCUT2D eigenvalue weighted by molar-refractivity contribution is -0.122. The average molecular weight is 514 g/mol. The lowest BCUT2D eigenvalue weighted by Gasteiger charge is -2.26. The smallest absolute Gasteiger partial charge is 0.335 e. The van der Waals surface area contributed by atoms with E-state index in [-0.39, 0.29) is 5.57 Å². The van der Waals surface area contributed by atoms with Gasteiger partial charge in [0.25, 0.3) is 11.8 Å². The zero-order chi connectivity index (χ0) is 25.9. The summed E-state index contributed by atoms with van der Waals surface area (Å²) < 4.78 is 7.96. The highest BCUT2D eigenvalue weighted by Gasteiger charge is 2.37. The van der Waals surface area contributed by atoms with Gasteiger partial charge in [0.2, 0.25) is 0 Å². The number of hydrogen-bond acceptors (Lipinski definition) is 4. The largest absolute Gasteiger partial charge is 0.494 e. The molecule has 1 aromatic heterocycles. The number of rotatable bonds is 7. The van der Waals surface area contributed by atoms with Crippen molar-refractivity contribution in [2.24, 2.45) is 0 Å². The van der Waals surface area contributed by atoms with Crippen LogP contribution < -0.4 is 15.0 Å². The molecule has 5 rings (SSSR count). The Morgan fingerprint density at radius 1 is 0.973 bits per heavy atom. The molecular formula is C29H24ClN3O4. The summed E-state index contributed by atoms with van der Waals surface area (Å²) >= 11 is 5.94. The molecule has 4 amide bonds. The van der Waals surface area contributed by atoms with Crippen LogP contribution in [0.2, 0.25) is 5.02 Å². The van der Waals surface area contributed by atoms with E-state index < -0.39 is 17.8 Å². The van der Waals surface area contributed by atoms with Crippen LogP contribution in [-0.4, -0.2) is 29.0 Å². The minimum Gasteiger partial charge on any atom is -0.494 e. The van der Waals surface area contributed by atoms with E-state index in [1.807, 2.05) is 61.7 Å². The Morgan fingerprint density at radius 2 is 1.76 bits per heavy atom. The fourth-order valence-corrected chi connectivity index (χ4v) is 4.47. The van der Waals surface area contributed by atoms with Gasteiger partial charge >= 0.3 is 6.03 Å². The van der Waals surface area contributed by atoms with Gasteiger partial charge in [-0.1, -0.05) is 41.9 Å². The first-order valence-electron chi connectivity index (χ1n) is 11.8. The second kappa shape index (κ2) is 10.3. The van der Waals surface area contributed by atoms with E-state index in [1.54, 1.807) is 24.3 Å². The van der Waals surface area contributed by atoms with Gasteiger partial charge in [-0.05, 0) is 67.4 Å². The quantitative estimate of drug-likeness (QED) is 0.194. The number of urea groups is 1. The standard InChI is InChI=1S/C29H24ClN3O4/c1-19-6-4-7-23(16-19)37-15-5-14-32-18-20(24-8-2-3-9-26(24)32)17-25-27(34)31-29(36)33(28(25)35)22-12-10-21(30)11-13-22/h2-4,6-13,16-18H,5,14-15H2,1H3,(H,31,34,36)/b25-17+. The molecule has 1 fully saturated rings.